The minimum atomic E-state index is -3.97. The summed E-state index contributed by atoms with van der Waals surface area (Å²) in [6.07, 6.45) is 1.19. The number of sulfonamides is 1. The van der Waals surface area contributed by atoms with Crippen molar-refractivity contribution in [2.45, 2.75) is 11.8 Å². The van der Waals surface area contributed by atoms with Crippen LogP contribution in [0.1, 0.15) is 12.5 Å². The molecule has 0 aliphatic heterocycles. The van der Waals surface area contributed by atoms with Crippen molar-refractivity contribution in [3.05, 3.63) is 42.0 Å². The van der Waals surface area contributed by atoms with E-state index in [1.54, 1.807) is 25.1 Å². The van der Waals surface area contributed by atoms with E-state index in [-0.39, 0.29) is 22.1 Å². The molecule has 0 heterocycles. The molecule has 8 nitrogen and oxygen atoms in total. The van der Waals surface area contributed by atoms with E-state index in [0.717, 1.165) is 0 Å². The first-order chi connectivity index (χ1) is 12.4. The molecule has 9 heteroatoms. The lowest BCUT2D eigenvalue weighted by Crippen LogP contribution is -2.19. The summed E-state index contributed by atoms with van der Waals surface area (Å²) in [5.41, 5.74) is 0.306. The van der Waals surface area contributed by atoms with Crippen LogP contribution in [-0.2, 0) is 10.0 Å². The van der Waals surface area contributed by atoms with Crippen molar-refractivity contribution >= 4 is 16.2 Å². The number of methoxy groups -OCH3 is 2. The van der Waals surface area contributed by atoms with E-state index in [9.17, 15) is 13.5 Å². The van der Waals surface area contributed by atoms with Gasteiger partial charge in [0.25, 0.3) is 10.0 Å². The fourth-order valence-corrected chi connectivity index (χ4v) is 3.07. The van der Waals surface area contributed by atoms with E-state index in [4.69, 9.17) is 14.2 Å². The minimum absolute atomic E-state index is 0.0924. The van der Waals surface area contributed by atoms with Crippen molar-refractivity contribution in [1.82, 2.24) is 4.83 Å². The molecule has 140 valence electrons. The summed E-state index contributed by atoms with van der Waals surface area (Å²) in [6, 6.07) is 9.13. The molecule has 0 radical (unpaired) electrons. The summed E-state index contributed by atoms with van der Waals surface area (Å²) in [6.45, 7) is 2.18. The van der Waals surface area contributed by atoms with Gasteiger partial charge in [-0.1, -0.05) is 6.07 Å². The Balaban J connectivity index is 2.23. The van der Waals surface area contributed by atoms with Gasteiger partial charge in [-0.15, -0.1) is 0 Å². The Labute approximate surface area is 152 Å². The number of phenolic OH excluding ortho intramolecular Hbond substituents is 1. The third-order valence-electron chi connectivity index (χ3n) is 3.37. The lowest BCUT2D eigenvalue weighted by molar-refractivity contribution is 0.318. The first kappa shape index (κ1) is 19.4. The molecule has 0 saturated heterocycles. The number of hydrogen-bond donors (Lipinski definition) is 2. The van der Waals surface area contributed by atoms with Gasteiger partial charge in [0.2, 0.25) is 0 Å². The van der Waals surface area contributed by atoms with Crippen LogP contribution < -0.4 is 19.0 Å². The normalized spacial score (nSPS) is 11.3. The zero-order chi connectivity index (χ0) is 19.2. The average Bonchev–Trinajstić information content (AvgIpc) is 2.64. The maximum atomic E-state index is 12.4. The van der Waals surface area contributed by atoms with Gasteiger partial charge < -0.3 is 19.3 Å². The molecule has 26 heavy (non-hydrogen) atoms. The minimum Gasteiger partial charge on any atom is -0.504 e. The van der Waals surface area contributed by atoms with Crippen LogP contribution in [0.4, 0.5) is 0 Å². The summed E-state index contributed by atoms with van der Waals surface area (Å²) in [7, 11) is -1.15. The smallest absolute Gasteiger partial charge is 0.280 e. The van der Waals surface area contributed by atoms with Crippen molar-refractivity contribution in [3.8, 4) is 23.0 Å². The number of phenols is 1. The molecular formula is C17H20N2O6S. The number of aromatic hydroxyl groups is 1. The fraction of sp³-hybridized carbons (Fsp3) is 0.235. The lowest BCUT2D eigenvalue weighted by atomic mass is 10.2. The largest absolute Gasteiger partial charge is 0.504 e. The number of benzene rings is 2. The van der Waals surface area contributed by atoms with Crippen LogP contribution in [0.2, 0.25) is 0 Å². The van der Waals surface area contributed by atoms with Gasteiger partial charge in [0.15, 0.2) is 11.5 Å². The van der Waals surface area contributed by atoms with Crippen LogP contribution in [-0.4, -0.2) is 40.6 Å². The third-order valence-corrected chi connectivity index (χ3v) is 4.63. The first-order valence-electron chi connectivity index (χ1n) is 7.64. The van der Waals surface area contributed by atoms with Gasteiger partial charge in [-0.25, -0.2) is 0 Å². The van der Waals surface area contributed by atoms with Crippen LogP contribution in [0.25, 0.3) is 0 Å². The van der Waals surface area contributed by atoms with E-state index < -0.39 is 10.0 Å². The third kappa shape index (κ3) is 4.37. The zero-order valence-electron chi connectivity index (χ0n) is 14.6. The highest BCUT2D eigenvalue weighted by Crippen LogP contribution is 2.29. The Hall–Kier alpha value is -2.94. The number of hydrazone groups is 1. The highest BCUT2D eigenvalue weighted by molar-refractivity contribution is 7.89. The molecule has 0 aliphatic carbocycles. The van der Waals surface area contributed by atoms with Crippen molar-refractivity contribution in [3.63, 3.8) is 0 Å². The highest BCUT2D eigenvalue weighted by atomic mass is 32.2. The van der Waals surface area contributed by atoms with E-state index in [2.05, 4.69) is 9.93 Å². The van der Waals surface area contributed by atoms with Crippen LogP contribution in [0.5, 0.6) is 23.0 Å². The number of nitrogens with one attached hydrogen (secondary N) is 1. The van der Waals surface area contributed by atoms with Crippen molar-refractivity contribution < 1.29 is 27.7 Å². The molecule has 0 fully saturated rings. The average molecular weight is 380 g/mol. The van der Waals surface area contributed by atoms with Gasteiger partial charge in [-0.2, -0.15) is 18.4 Å². The molecule has 0 spiro atoms. The van der Waals surface area contributed by atoms with E-state index in [0.29, 0.717) is 17.9 Å². The first-order valence-corrected chi connectivity index (χ1v) is 9.13. The summed E-state index contributed by atoms with van der Waals surface area (Å²) in [4.78, 5) is 1.99. The molecule has 2 rings (SSSR count). The SMILES string of the molecule is CCOc1cccc(/C=N/NS(=O)(=O)c2ccc(OC)cc2OC)c1O. The number of ether oxygens (including phenoxy) is 3. The van der Waals surface area contributed by atoms with Gasteiger partial charge in [0.05, 0.1) is 27.0 Å². The van der Waals surface area contributed by atoms with Crippen LogP contribution in [0, 0.1) is 0 Å². The molecule has 0 amide bonds. The van der Waals surface area contributed by atoms with Gasteiger partial charge >= 0.3 is 0 Å². The quantitative estimate of drug-likeness (QED) is 0.537. The summed E-state index contributed by atoms with van der Waals surface area (Å²) >= 11 is 0. The Morgan fingerprint density at radius 2 is 1.92 bits per heavy atom. The number of para-hydroxylation sites is 1. The Kier molecular flexibility index (Phi) is 6.29. The lowest BCUT2D eigenvalue weighted by Gasteiger charge is -2.10. The molecule has 0 bridgehead atoms. The van der Waals surface area contributed by atoms with Crippen molar-refractivity contribution in [2.24, 2.45) is 5.10 Å². The number of nitrogens with zero attached hydrogens (tertiary/aromatic N) is 1. The second-order valence-corrected chi connectivity index (χ2v) is 6.63. The van der Waals surface area contributed by atoms with Gasteiger partial charge in [-0.3, -0.25) is 0 Å². The van der Waals surface area contributed by atoms with Gasteiger partial charge in [0, 0.05) is 11.6 Å². The maximum absolute atomic E-state index is 12.4. The Morgan fingerprint density at radius 1 is 1.15 bits per heavy atom. The zero-order valence-corrected chi connectivity index (χ0v) is 15.4. The fourth-order valence-electron chi connectivity index (χ4n) is 2.13. The highest BCUT2D eigenvalue weighted by Gasteiger charge is 2.19. The number of rotatable bonds is 8. The topological polar surface area (TPSA) is 106 Å². The van der Waals surface area contributed by atoms with Crippen LogP contribution in [0.15, 0.2) is 46.4 Å². The second kappa shape index (κ2) is 8.43. The molecule has 2 aromatic rings. The van der Waals surface area contributed by atoms with Crippen molar-refractivity contribution in [2.75, 3.05) is 20.8 Å². The molecule has 0 aliphatic rings. The number of hydrogen-bond acceptors (Lipinski definition) is 7. The van der Waals surface area contributed by atoms with E-state index in [1.165, 1.54) is 38.6 Å². The maximum Gasteiger partial charge on any atom is 0.280 e. The monoisotopic (exact) mass is 380 g/mol. The summed E-state index contributed by atoms with van der Waals surface area (Å²) in [5, 5.41) is 13.8. The van der Waals surface area contributed by atoms with Crippen LogP contribution in [0.3, 0.4) is 0 Å². The van der Waals surface area contributed by atoms with Gasteiger partial charge in [0.1, 0.15) is 16.4 Å². The molecule has 2 aromatic carbocycles. The molecule has 0 aromatic heterocycles. The van der Waals surface area contributed by atoms with E-state index >= 15 is 0 Å². The Bertz CT molecular complexity index is 896. The van der Waals surface area contributed by atoms with Crippen LogP contribution >= 0.6 is 0 Å². The molecular weight excluding hydrogens is 360 g/mol. The standard InChI is InChI=1S/C17H20N2O6S/c1-4-25-14-7-5-6-12(17(14)20)11-18-19-26(21,22)16-9-8-13(23-2)10-15(16)24-3/h5-11,19-20H,4H2,1-3H3/b18-11+. The Morgan fingerprint density at radius 3 is 2.58 bits per heavy atom. The van der Waals surface area contributed by atoms with Gasteiger partial charge in [-0.05, 0) is 31.2 Å². The predicted octanol–water partition coefficient (Wildman–Crippen LogP) is 2.12. The molecule has 0 atom stereocenters. The molecule has 0 unspecified atom stereocenters. The molecule has 2 N–H and O–H groups in total. The summed E-state index contributed by atoms with van der Waals surface area (Å²) < 4.78 is 40.2. The second-order valence-electron chi connectivity index (χ2n) is 5.00. The van der Waals surface area contributed by atoms with E-state index in [1.807, 2.05) is 0 Å². The predicted molar refractivity (Wildman–Crippen MR) is 96.7 cm³/mol. The summed E-state index contributed by atoms with van der Waals surface area (Å²) in [5.74, 6) is 0.741. The van der Waals surface area contributed by atoms with Crippen molar-refractivity contribution in [1.29, 1.82) is 0 Å². The molecule has 0 saturated carbocycles.